The summed E-state index contributed by atoms with van der Waals surface area (Å²) in [7, 11) is -0.434. The molecule has 0 saturated carbocycles. The molecule has 3 rings (SSSR count). The molecule has 20 heavy (non-hydrogen) atoms. The third-order valence-electron chi connectivity index (χ3n) is 4.35. The standard InChI is InChI=1S/C19H21Si/c1-12-11-17(20(4)5)14(3)19-16(12)10-13(2)18(19)15-8-6-7-9-15/h6-8,11H,9H2,1-5H3. The predicted octanol–water partition coefficient (Wildman–Crippen LogP) is 4.22. The van der Waals surface area contributed by atoms with Gasteiger partial charge < -0.3 is 0 Å². The first-order chi connectivity index (χ1) is 9.50. The Bertz CT molecular complexity index is 810. The van der Waals surface area contributed by atoms with Crippen molar-refractivity contribution in [2.24, 2.45) is 0 Å². The second-order valence-corrected chi connectivity index (χ2v) is 8.60. The Kier molecular flexibility index (Phi) is 3.25. The van der Waals surface area contributed by atoms with Crippen molar-refractivity contribution in [3.05, 3.63) is 62.2 Å². The fourth-order valence-corrected chi connectivity index (χ4v) is 4.76. The van der Waals surface area contributed by atoms with Crippen LogP contribution in [0, 0.1) is 18.7 Å². The lowest BCUT2D eigenvalue weighted by atomic mass is 9.92. The van der Waals surface area contributed by atoms with Gasteiger partial charge >= 0.3 is 0 Å². The summed E-state index contributed by atoms with van der Waals surface area (Å²) in [6.07, 6.45) is 11.4. The molecular weight excluding hydrogens is 256 g/mol. The molecule has 1 aromatic rings. The second kappa shape index (κ2) is 4.82. The van der Waals surface area contributed by atoms with Gasteiger partial charge in [0.05, 0.1) is 0 Å². The molecule has 1 aromatic carbocycles. The lowest BCUT2D eigenvalue weighted by Crippen LogP contribution is -2.13. The molecule has 0 unspecified atom stereocenters. The van der Waals surface area contributed by atoms with Crippen molar-refractivity contribution in [2.45, 2.75) is 40.3 Å². The number of hydrogen-bond acceptors (Lipinski definition) is 0. The van der Waals surface area contributed by atoms with Crippen molar-refractivity contribution in [3.8, 4) is 0 Å². The first-order valence-electron chi connectivity index (χ1n) is 7.29. The fraction of sp³-hybridized carbons (Fsp3) is 0.316. The first kappa shape index (κ1) is 13.5. The predicted molar refractivity (Wildman–Crippen MR) is 89.7 cm³/mol. The van der Waals surface area contributed by atoms with E-state index in [1.807, 2.05) is 0 Å². The summed E-state index contributed by atoms with van der Waals surface area (Å²) in [6, 6.07) is 2.40. The van der Waals surface area contributed by atoms with Crippen molar-refractivity contribution < 1.29 is 0 Å². The highest BCUT2D eigenvalue weighted by atomic mass is 28.2. The van der Waals surface area contributed by atoms with E-state index >= 15 is 0 Å². The summed E-state index contributed by atoms with van der Waals surface area (Å²) in [4.78, 5) is 1.58. The van der Waals surface area contributed by atoms with E-state index in [1.54, 1.807) is 4.81 Å². The molecule has 0 amide bonds. The molecule has 0 aromatic heterocycles. The van der Waals surface area contributed by atoms with Crippen molar-refractivity contribution in [2.75, 3.05) is 0 Å². The van der Waals surface area contributed by atoms with E-state index in [0.29, 0.717) is 0 Å². The Labute approximate surface area is 123 Å². The van der Waals surface area contributed by atoms with E-state index in [-0.39, 0.29) is 0 Å². The minimum Gasteiger partial charge on any atom is -0.0801 e. The van der Waals surface area contributed by atoms with E-state index in [9.17, 15) is 0 Å². The summed E-state index contributed by atoms with van der Waals surface area (Å²) >= 11 is 0. The van der Waals surface area contributed by atoms with Gasteiger partial charge in [-0.2, -0.15) is 0 Å². The van der Waals surface area contributed by atoms with Gasteiger partial charge in [-0.15, -0.1) is 0 Å². The van der Waals surface area contributed by atoms with Crippen LogP contribution in [-0.4, -0.2) is 8.41 Å². The summed E-state index contributed by atoms with van der Waals surface area (Å²) < 4.78 is 0. The van der Waals surface area contributed by atoms with Crippen LogP contribution >= 0.6 is 0 Å². The van der Waals surface area contributed by atoms with Crippen LogP contribution in [0.5, 0.6) is 0 Å². The van der Waals surface area contributed by atoms with Gasteiger partial charge in [-0.05, 0) is 76.7 Å². The van der Waals surface area contributed by atoms with E-state index in [1.165, 1.54) is 38.6 Å². The van der Waals surface area contributed by atoms with Crippen LogP contribution in [0.2, 0.25) is 13.1 Å². The van der Waals surface area contributed by atoms with Gasteiger partial charge in [-0.1, -0.05) is 37.4 Å². The maximum Gasteiger partial charge on any atom is 0.0132 e. The van der Waals surface area contributed by atoms with Gasteiger partial charge in [-0.25, -0.2) is 0 Å². The highest BCUT2D eigenvalue weighted by Crippen LogP contribution is 2.35. The average Bonchev–Trinajstić information content (AvgIpc) is 3.00. The monoisotopic (exact) mass is 277 g/mol. The second-order valence-electron chi connectivity index (χ2n) is 6.07. The molecular formula is C19H21Si. The zero-order valence-electron chi connectivity index (χ0n) is 13.0. The van der Waals surface area contributed by atoms with Crippen LogP contribution in [0.3, 0.4) is 0 Å². The lowest BCUT2D eigenvalue weighted by molar-refractivity contribution is 1.27. The molecule has 1 radical (unpaired) electrons. The highest BCUT2D eigenvalue weighted by Gasteiger charge is 2.21. The Morgan fingerprint density at radius 1 is 1.15 bits per heavy atom. The van der Waals surface area contributed by atoms with Crippen LogP contribution < -0.4 is 5.22 Å². The van der Waals surface area contributed by atoms with Gasteiger partial charge in [0.15, 0.2) is 0 Å². The normalized spacial score (nSPS) is 16.4. The van der Waals surface area contributed by atoms with Crippen molar-refractivity contribution in [1.29, 1.82) is 0 Å². The number of benzene rings is 1. The average molecular weight is 277 g/mol. The van der Waals surface area contributed by atoms with Crippen LogP contribution in [-0.2, 0) is 0 Å². The Morgan fingerprint density at radius 2 is 1.90 bits per heavy atom. The van der Waals surface area contributed by atoms with Gasteiger partial charge in [0.2, 0.25) is 0 Å². The summed E-state index contributed by atoms with van der Waals surface area (Å²) in [5.74, 6) is 0. The first-order valence-corrected chi connectivity index (χ1v) is 9.79. The Balaban J connectivity index is 2.37. The van der Waals surface area contributed by atoms with Crippen molar-refractivity contribution >= 4 is 20.1 Å². The topological polar surface area (TPSA) is 0 Å². The minimum absolute atomic E-state index is 0.434. The van der Waals surface area contributed by atoms with Gasteiger partial charge in [0, 0.05) is 8.41 Å². The maximum absolute atomic E-state index is 3.62. The molecule has 2 aliphatic rings. The largest absolute Gasteiger partial charge is 0.0801 e. The molecule has 101 valence electrons. The molecule has 0 fully saturated rings. The molecule has 0 aliphatic heterocycles. The Morgan fingerprint density at radius 3 is 2.50 bits per heavy atom. The van der Waals surface area contributed by atoms with Gasteiger partial charge in [-0.3, -0.25) is 0 Å². The van der Waals surface area contributed by atoms with Gasteiger partial charge in [0.1, 0.15) is 0 Å². The lowest BCUT2D eigenvalue weighted by Gasteiger charge is -2.14. The number of hydrogen-bond donors (Lipinski definition) is 0. The van der Waals surface area contributed by atoms with Crippen molar-refractivity contribution in [1.82, 2.24) is 0 Å². The molecule has 0 nitrogen and oxygen atoms in total. The number of aryl methyl sites for hydroxylation is 1. The summed E-state index contributed by atoms with van der Waals surface area (Å²) in [5, 5.41) is 1.33. The highest BCUT2D eigenvalue weighted by molar-refractivity contribution is 6.47. The van der Waals surface area contributed by atoms with E-state index < -0.39 is 8.41 Å². The third-order valence-corrected chi connectivity index (χ3v) is 5.95. The molecule has 2 aliphatic carbocycles. The van der Waals surface area contributed by atoms with Crippen LogP contribution in [0.15, 0.2) is 35.4 Å². The van der Waals surface area contributed by atoms with Gasteiger partial charge in [0.25, 0.3) is 0 Å². The van der Waals surface area contributed by atoms with E-state index in [4.69, 9.17) is 0 Å². The minimum atomic E-state index is -0.434. The maximum atomic E-state index is 3.62. The number of rotatable bonds is 1. The SMILES string of the molecule is CC1=C(C2=CC=CC2)c2c(C)c(=[Si](C)C)cc(C)c2=[C]1. The fourth-order valence-electron chi connectivity index (χ4n) is 3.38. The number of fused-ring (bicyclic) bond motifs is 1. The van der Waals surface area contributed by atoms with Crippen LogP contribution in [0.4, 0.5) is 0 Å². The molecule has 0 bridgehead atoms. The number of allylic oxidation sites excluding steroid dienone is 6. The molecule has 0 saturated heterocycles. The summed E-state index contributed by atoms with van der Waals surface area (Å²) in [6.45, 7) is 11.5. The van der Waals surface area contributed by atoms with E-state index in [0.717, 1.165) is 6.42 Å². The zero-order valence-corrected chi connectivity index (χ0v) is 14.0. The molecule has 1 heteroatoms. The molecule has 0 spiro atoms. The summed E-state index contributed by atoms with van der Waals surface area (Å²) in [5.41, 5.74) is 8.52. The Hall–Kier alpha value is -1.47. The molecule has 0 heterocycles. The van der Waals surface area contributed by atoms with Crippen LogP contribution in [0.25, 0.3) is 11.6 Å². The quantitative estimate of drug-likeness (QED) is 0.674. The molecule has 0 N–H and O–H groups in total. The van der Waals surface area contributed by atoms with Crippen molar-refractivity contribution in [3.63, 3.8) is 0 Å². The van der Waals surface area contributed by atoms with Crippen LogP contribution in [0.1, 0.15) is 30.0 Å². The smallest absolute Gasteiger partial charge is 0.0132 e. The third kappa shape index (κ3) is 1.92. The molecule has 0 atom stereocenters. The van der Waals surface area contributed by atoms with E-state index in [2.05, 4.69) is 64.2 Å². The zero-order chi connectivity index (χ0) is 14.4.